The maximum absolute atomic E-state index is 5.49. The van der Waals surface area contributed by atoms with Crippen molar-refractivity contribution in [1.29, 1.82) is 0 Å². The van der Waals surface area contributed by atoms with E-state index in [1.54, 1.807) is 0 Å². The first-order chi connectivity index (χ1) is 7.35. The van der Waals surface area contributed by atoms with Gasteiger partial charge in [-0.3, -0.25) is 0 Å². The third-order valence-corrected chi connectivity index (χ3v) is 2.73. The fraction of sp³-hybridized carbons (Fsp3) is 0.636. The van der Waals surface area contributed by atoms with E-state index in [9.17, 15) is 0 Å². The van der Waals surface area contributed by atoms with E-state index in [0.717, 1.165) is 37.4 Å². The van der Waals surface area contributed by atoms with Crippen LogP contribution in [0.15, 0.2) is 0 Å². The van der Waals surface area contributed by atoms with Crippen LogP contribution in [0.25, 0.3) is 0 Å². The fourth-order valence-corrected chi connectivity index (χ4v) is 1.98. The molecule has 0 aromatic carbocycles. The number of nitrogens with two attached hydrogens (primary N) is 1. The summed E-state index contributed by atoms with van der Waals surface area (Å²) in [6.07, 6.45) is 4.30. The standard InChI is InChI=1S/C11H18N4/c1-2-10-14-9-5-3-4-8(9)11(15-10)13-7-6-12/h2-7,12H2,1H3,(H,13,14,15). The Morgan fingerprint density at radius 1 is 1.33 bits per heavy atom. The topological polar surface area (TPSA) is 63.8 Å². The molecular formula is C11H18N4. The molecule has 1 aliphatic rings. The molecule has 1 aromatic rings. The van der Waals surface area contributed by atoms with Crippen LogP contribution in [-0.2, 0) is 19.3 Å². The molecule has 0 atom stereocenters. The highest BCUT2D eigenvalue weighted by molar-refractivity contribution is 5.48. The SMILES string of the molecule is CCc1nc2c(c(NCCN)n1)CCC2. The summed E-state index contributed by atoms with van der Waals surface area (Å²) in [4.78, 5) is 9.08. The lowest BCUT2D eigenvalue weighted by molar-refractivity contribution is 0.876. The molecule has 4 heteroatoms. The molecule has 15 heavy (non-hydrogen) atoms. The smallest absolute Gasteiger partial charge is 0.133 e. The third-order valence-electron chi connectivity index (χ3n) is 2.73. The molecule has 1 heterocycles. The Bertz CT molecular complexity index is 349. The molecule has 0 amide bonds. The van der Waals surface area contributed by atoms with E-state index in [1.807, 2.05) is 0 Å². The van der Waals surface area contributed by atoms with Crippen molar-refractivity contribution in [3.05, 3.63) is 17.1 Å². The molecule has 1 aromatic heterocycles. The molecule has 82 valence electrons. The summed E-state index contributed by atoms with van der Waals surface area (Å²) in [5, 5.41) is 3.29. The molecule has 2 rings (SSSR count). The summed E-state index contributed by atoms with van der Waals surface area (Å²) >= 11 is 0. The van der Waals surface area contributed by atoms with Crippen molar-refractivity contribution in [3.63, 3.8) is 0 Å². The van der Waals surface area contributed by atoms with Crippen molar-refractivity contribution < 1.29 is 0 Å². The van der Waals surface area contributed by atoms with Crippen LogP contribution in [0.5, 0.6) is 0 Å². The Morgan fingerprint density at radius 3 is 2.93 bits per heavy atom. The lowest BCUT2D eigenvalue weighted by atomic mass is 10.2. The first kappa shape index (κ1) is 10.4. The Kier molecular flexibility index (Phi) is 3.16. The van der Waals surface area contributed by atoms with Gasteiger partial charge in [0.15, 0.2) is 0 Å². The van der Waals surface area contributed by atoms with E-state index in [1.165, 1.54) is 17.7 Å². The Labute approximate surface area is 90.3 Å². The highest BCUT2D eigenvalue weighted by Crippen LogP contribution is 2.26. The van der Waals surface area contributed by atoms with Crippen LogP contribution in [0, 0.1) is 0 Å². The van der Waals surface area contributed by atoms with Gasteiger partial charge in [-0.15, -0.1) is 0 Å². The van der Waals surface area contributed by atoms with E-state index in [4.69, 9.17) is 5.73 Å². The van der Waals surface area contributed by atoms with Crippen LogP contribution in [-0.4, -0.2) is 23.1 Å². The largest absolute Gasteiger partial charge is 0.368 e. The molecule has 0 unspecified atom stereocenters. The maximum Gasteiger partial charge on any atom is 0.133 e. The van der Waals surface area contributed by atoms with Crippen molar-refractivity contribution in [2.24, 2.45) is 5.73 Å². The van der Waals surface area contributed by atoms with Crippen LogP contribution >= 0.6 is 0 Å². The number of anilines is 1. The zero-order chi connectivity index (χ0) is 10.7. The van der Waals surface area contributed by atoms with Crippen LogP contribution in [0.4, 0.5) is 5.82 Å². The van der Waals surface area contributed by atoms with Crippen molar-refractivity contribution in [2.45, 2.75) is 32.6 Å². The normalized spacial score (nSPS) is 14.0. The van der Waals surface area contributed by atoms with Gasteiger partial charge in [-0.1, -0.05) is 6.92 Å². The molecule has 0 radical (unpaired) electrons. The van der Waals surface area contributed by atoms with Crippen molar-refractivity contribution >= 4 is 5.82 Å². The van der Waals surface area contributed by atoms with Gasteiger partial charge in [0.1, 0.15) is 11.6 Å². The minimum atomic E-state index is 0.639. The van der Waals surface area contributed by atoms with E-state index < -0.39 is 0 Å². The van der Waals surface area contributed by atoms with Crippen LogP contribution in [0.1, 0.15) is 30.4 Å². The average molecular weight is 206 g/mol. The summed E-state index contributed by atoms with van der Waals surface area (Å²) in [6.45, 7) is 3.51. The highest BCUT2D eigenvalue weighted by Gasteiger charge is 2.18. The van der Waals surface area contributed by atoms with E-state index in [0.29, 0.717) is 6.54 Å². The molecule has 0 saturated heterocycles. The van der Waals surface area contributed by atoms with Gasteiger partial charge >= 0.3 is 0 Å². The zero-order valence-corrected chi connectivity index (χ0v) is 9.21. The molecule has 3 N–H and O–H groups in total. The van der Waals surface area contributed by atoms with Crippen LogP contribution < -0.4 is 11.1 Å². The molecule has 0 fully saturated rings. The zero-order valence-electron chi connectivity index (χ0n) is 9.21. The third kappa shape index (κ3) is 2.09. The molecule has 0 aliphatic heterocycles. The van der Waals surface area contributed by atoms with E-state index in [2.05, 4.69) is 22.2 Å². The predicted octanol–water partition coefficient (Wildman–Crippen LogP) is 0.898. The second-order valence-corrected chi connectivity index (χ2v) is 3.84. The molecule has 0 spiro atoms. The van der Waals surface area contributed by atoms with Gasteiger partial charge < -0.3 is 11.1 Å². The number of hydrogen-bond donors (Lipinski definition) is 2. The number of nitrogens with zero attached hydrogens (tertiary/aromatic N) is 2. The summed E-state index contributed by atoms with van der Waals surface area (Å²) in [7, 11) is 0. The number of nitrogens with one attached hydrogen (secondary N) is 1. The van der Waals surface area contributed by atoms with Crippen LogP contribution in [0.2, 0.25) is 0 Å². The number of aryl methyl sites for hydroxylation is 2. The monoisotopic (exact) mass is 206 g/mol. The Morgan fingerprint density at radius 2 is 2.20 bits per heavy atom. The van der Waals surface area contributed by atoms with Gasteiger partial charge in [-0.2, -0.15) is 0 Å². The molecule has 1 aliphatic carbocycles. The highest BCUT2D eigenvalue weighted by atomic mass is 15.0. The lowest BCUT2D eigenvalue weighted by Gasteiger charge is -2.10. The minimum Gasteiger partial charge on any atom is -0.368 e. The molecule has 4 nitrogen and oxygen atoms in total. The number of rotatable bonds is 4. The molecule has 0 saturated carbocycles. The van der Waals surface area contributed by atoms with Gasteiger partial charge in [-0.05, 0) is 19.3 Å². The average Bonchev–Trinajstić information content (AvgIpc) is 2.73. The molecular weight excluding hydrogens is 188 g/mol. The van der Waals surface area contributed by atoms with E-state index >= 15 is 0 Å². The van der Waals surface area contributed by atoms with E-state index in [-0.39, 0.29) is 0 Å². The number of hydrogen-bond acceptors (Lipinski definition) is 4. The number of aromatic nitrogens is 2. The van der Waals surface area contributed by atoms with Gasteiger partial charge in [0, 0.05) is 30.8 Å². The summed E-state index contributed by atoms with van der Waals surface area (Å²) in [5.41, 5.74) is 8.03. The van der Waals surface area contributed by atoms with Crippen LogP contribution in [0.3, 0.4) is 0 Å². The summed E-state index contributed by atoms with van der Waals surface area (Å²) < 4.78 is 0. The fourth-order valence-electron chi connectivity index (χ4n) is 1.98. The van der Waals surface area contributed by atoms with Crippen molar-refractivity contribution in [3.8, 4) is 0 Å². The number of fused-ring (bicyclic) bond motifs is 1. The maximum atomic E-state index is 5.49. The molecule has 0 bridgehead atoms. The first-order valence-electron chi connectivity index (χ1n) is 5.67. The quantitative estimate of drug-likeness (QED) is 0.768. The minimum absolute atomic E-state index is 0.639. The summed E-state index contributed by atoms with van der Waals surface area (Å²) in [5.74, 6) is 1.95. The van der Waals surface area contributed by atoms with Gasteiger partial charge in [-0.25, -0.2) is 9.97 Å². The van der Waals surface area contributed by atoms with Crippen molar-refractivity contribution in [1.82, 2.24) is 9.97 Å². The second-order valence-electron chi connectivity index (χ2n) is 3.84. The van der Waals surface area contributed by atoms with Gasteiger partial charge in [0.05, 0.1) is 0 Å². The second kappa shape index (κ2) is 4.57. The Balaban J connectivity index is 2.30. The Hall–Kier alpha value is -1.16. The predicted molar refractivity (Wildman–Crippen MR) is 61.0 cm³/mol. The lowest BCUT2D eigenvalue weighted by Crippen LogP contribution is -2.16. The van der Waals surface area contributed by atoms with Crippen molar-refractivity contribution in [2.75, 3.05) is 18.4 Å². The van der Waals surface area contributed by atoms with Gasteiger partial charge in [0.2, 0.25) is 0 Å². The summed E-state index contributed by atoms with van der Waals surface area (Å²) in [6, 6.07) is 0. The van der Waals surface area contributed by atoms with Gasteiger partial charge in [0.25, 0.3) is 0 Å². The first-order valence-corrected chi connectivity index (χ1v) is 5.67.